The second-order valence-electron chi connectivity index (χ2n) is 38.8. The summed E-state index contributed by atoms with van der Waals surface area (Å²) < 4.78 is 24.5. The zero-order chi connectivity index (χ0) is 99.9. The van der Waals surface area contributed by atoms with Gasteiger partial charge in [-0.2, -0.15) is 0 Å². The van der Waals surface area contributed by atoms with Crippen molar-refractivity contribution in [2.75, 3.05) is 0 Å². The molecule has 12 heterocycles. The van der Waals surface area contributed by atoms with E-state index >= 15 is 0 Å². The Labute approximate surface area is 922 Å². The molecule has 12 aromatic carbocycles. The summed E-state index contributed by atoms with van der Waals surface area (Å²) in [6.07, 6.45) is 16.8. The first-order valence-electron chi connectivity index (χ1n) is 48.7. The van der Waals surface area contributed by atoms with E-state index in [0.29, 0.717) is 11.8 Å². The van der Waals surface area contributed by atoms with Gasteiger partial charge in [0.2, 0.25) is 0 Å². The van der Waals surface area contributed by atoms with Crippen LogP contribution >= 0.6 is 0 Å². The first kappa shape index (κ1) is 111. The van der Waals surface area contributed by atoms with Crippen LogP contribution in [-0.2, 0) is 110 Å². The number of pyridine rings is 8. The van der Waals surface area contributed by atoms with Crippen LogP contribution in [0.2, 0.25) is 0 Å². The Morgan fingerprint density at radius 1 is 0.216 bits per heavy atom. The Morgan fingerprint density at radius 2 is 0.493 bits per heavy atom. The number of hydrogen-bond donors (Lipinski definition) is 0. The van der Waals surface area contributed by atoms with Crippen LogP contribution in [-0.4, -0.2) is 39.9 Å². The van der Waals surface area contributed by atoms with Crippen molar-refractivity contribution in [2.45, 2.75) is 119 Å². The van der Waals surface area contributed by atoms with E-state index in [4.69, 9.17) is 17.7 Å². The van der Waals surface area contributed by atoms with E-state index in [1.54, 1.807) is 31.0 Å². The number of fused-ring (bicyclic) bond motifs is 12. The van der Waals surface area contributed by atoms with Crippen LogP contribution in [0.1, 0.15) is 118 Å². The molecule has 748 valence electrons. The van der Waals surface area contributed by atoms with Crippen LogP contribution in [0.15, 0.2) is 425 Å². The molecule has 16 heteroatoms. The molecule has 0 bridgehead atoms. The van der Waals surface area contributed by atoms with Crippen molar-refractivity contribution in [3.8, 4) is 90.1 Å². The maximum Gasteiger partial charge on any atom is 0.124 e. The van der Waals surface area contributed by atoms with Gasteiger partial charge in [0.05, 0.1) is 22.3 Å². The Bertz CT molecular complexity index is 7830. The second-order valence-corrected chi connectivity index (χ2v) is 38.8. The molecule has 24 rings (SSSR count). The molecule has 0 aliphatic heterocycles. The summed E-state index contributed by atoms with van der Waals surface area (Å²) in [6, 6.07) is 144. The third-order valence-corrected chi connectivity index (χ3v) is 24.2. The minimum absolute atomic E-state index is 0. The molecule has 0 fully saturated rings. The smallest absolute Gasteiger partial charge is 0.124 e. The van der Waals surface area contributed by atoms with Crippen LogP contribution in [0.25, 0.3) is 178 Å². The Kier molecular flexibility index (Phi) is 39.2. The molecule has 12 aromatic heterocycles. The normalized spacial score (nSPS) is 11.0. The van der Waals surface area contributed by atoms with Gasteiger partial charge < -0.3 is 57.5 Å². The van der Waals surface area contributed by atoms with E-state index in [1.165, 1.54) is 38.6 Å². The molecule has 12 nitrogen and oxygen atoms in total. The fourth-order valence-corrected chi connectivity index (χ4v) is 16.8. The molecule has 0 saturated heterocycles. The van der Waals surface area contributed by atoms with Gasteiger partial charge >= 0.3 is 0 Å². The third kappa shape index (κ3) is 27.9. The molecule has 0 saturated carbocycles. The monoisotopic (exact) mass is 2640 g/mol. The summed E-state index contributed by atoms with van der Waals surface area (Å²) in [5.41, 5.74) is 29.4. The molecule has 0 N–H and O–H groups in total. The quantitative estimate of drug-likeness (QED) is 0.107. The number of aromatic nitrogens is 8. The number of para-hydroxylation sites is 4. The number of benzene rings is 12. The Hall–Kier alpha value is -14.4. The van der Waals surface area contributed by atoms with Crippen molar-refractivity contribution in [3.05, 3.63) is 484 Å². The van der Waals surface area contributed by atoms with Crippen LogP contribution in [0.3, 0.4) is 0 Å². The van der Waals surface area contributed by atoms with Crippen LogP contribution in [0, 0.1) is 60.4 Å². The van der Waals surface area contributed by atoms with E-state index in [-0.39, 0.29) is 96.7 Å². The number of furan rings is 4. The van der Waals surface area contributed by atoms with Gasteiger partial charge in [0.15, 0.2) is 0 Å². The Balaban J connectivity index is 0.000000142. The van der Waals surface area contributed by atoms with Crippen LogP contribution < -0.4 is 0 Å². The summed E-state index contributed by atoms with van der Waals surface area (Å²) in [5.74, 6) is 1.19. The molecular weight excluding hydrogens is 2530 g/mol. The first-order valence-corrected chi connectivity index (χ1v) is 48.7. The van der Waals surface area contributed by atoms with Gasteiger partial charge in [-0.3, -0.25) is 0 Å². The summed E-state index contributed by atoms with van der Waals surface area (Å²) in [4.78, 5) is 35.2. The third-order valence-electron chi connectivity index (χ3n) is 24.2. The Morgan fingerprint density at radius 3 is 0.791 bits per heavy atom. The minimum Gasteiger partial charge on any atom is -0.501 e. The van der Waals surface area contributed by atoms with Gasteiger partial charge in [0, 0.05) is 152 Å². The summed E-state index contributed by atoms with van der Waals surface area (Å²) >= 11 is 0. The van der Waals surface area contributed by atoms with Crippen molar-refractivity contribution in [1.82, 2.24) is 39.9 Å². The largest absolute Gasteiger partial charge is 0.501 e. The minimum atomic E-state index is 0. The van der Waals surface area contributed by atoms with Gasteiger partial charge in [-0.05, 0) is 163 Å². The molecule has 0 atom stereocenters. The topological polar surface area (TPSA) is 156 Å². The SMILES string of the molecule is CC(C)(C)c1ccc(-c2[c-]cccc2)nc1.CC(C)(C)c1ccc(-c2[c-]cccc2)nc1.CC(C)(C)c1ccnc(-c2[c-]cccc2)c1.CC(C)Cc1cccc2c1oc1c(-c3ccccn3)[c-]ccc12.CC(C)Cc1cccc2c1oc1c(-c3ccccn3)[c-]ccc12.[Ir].[Ir].[Ir].[Ir].[c-]1ccc2c(oc3ccccc32)c1-c1ccccn1.[c-]1ccc2c(oc3ccccc32)c1-c1ccccn1.[c-]1ccccc1-c1ccccn1. The zero-order valence-electron chi connectivity index (χ0n) is 84.8. The molecule has 148 heavy (non-hydrogen) atoms. The number of nitrogens with zero attached hydrogens (tertiary/aromatic N) is 8. The second kappa shape index (κ2) is 52.3. The fraction of sp³-hybridized carbons (Fsp3) is 0.152. The number of rotatable bonds is 12. The molecule has 4 radical (unpaired) electrons. The molecule has 0 aliphatic rings. The molecule has 0 unspecified atom stereocenters. The van der Waals surface area contributed by atoms with Gasteiger partial charge in [-0.25, -0.2) is 0 Å². The van der Waals surface area contributed by atoms with Crippen molar-refractivity contribution >= 4 is 87.8 Å². The summed E-state index contributed by atoms with van der Waals surface area (Å²) in [5, 5.41) is 9.07. The van der Waals surface area contributed by atoms with E-state index in [1.807, 2.05) is 279 Å². The van der Waals surface area contributed by atoms with Crippen molar-refractivity contribution in [3.63, 3.8) is 0 Å². The first-order chi connectivity index (χ1) is 70.0. The van der Waals surface area contributed by atoms with Gasteiger partial charge in [0.25, 0.3) is 0 Å². The van der Waals surface area contributed by atoms with E-state index < -0.39 is 0 Å². The van der Waals surface area contributed by atoms with Crippen LogP contribution in [0.4, 0.5) is 0 Å². The predicted octanol–water partition coefficient (Wildman–Crippen LogP) is 34.3. The van der Waals surface area contributed by atoms with Crippen LogP contribution in [0.5, 0.6) is 0 Å². The predicted molar refractivity (Wildman–Crippen MR) is 590 cm³/mol. The molecule has 0 spiro atoms. The van der Waals surface area contributed by atoms with E-state index in [2.05, 4.69) is 275 Å². The molecular formula is C132H112Ir4N8O4-8. The summed E-state index contributed by atoms with van der Waals surface area (Å²) in [7, 11) is 0. The van der Waals surface area contributed by atoms with Gasteiger partial charge in [-0.1, -0.05) is 298 Å². The van der Waals surface area contributed by atoms with Gasteiger partial charge in [-0.15, -0.1) is 216 Å². The van der Waals surface area contributed by atoms with Crippen molar-refractivity contribution < 1.29 is 98.1 Å². The van der Waals surface area contributed by atoms with Crippen molar-refractivity contribution in [1.29, 1.82) is 0 Å². The van der Waals surface area contributed by atoms with E-state index in [0.717, 1.165) is 180 Å². The summed E-state index contributed by atoms with van der Waals surface area (Å²) in [6.45, 7) is 28.7. The van der Waals surface area contributed by atoms with Gasteiger partial charge in [0.1, 0.15) is 22.3 Å². The number of hydrogen-bond acceptors (Lipinski definition) is 12. The maximum absolute atomic E-state index is 6.30. The molecule has 24 aromatic rings. The fourth-order valence-electron chi connectivity index (χ4n) is 16.8. The zero-order valence-corrected chi connectivity index (χ0v) is 94.4. The average Bonchev–Trinajstić information content (AvgIpc) is 1.61. The van der Waals surface area contributed by atoms with E-state index in [9.17, 15) is 0 Å². The molecule has 0 amide bonds. The maximum atomic E-state index is 6.30. The average molecular weight is 2640 g/mol. The standard InChI is InChI=1S/2C21H18NO.2C17H10NO.3C15H16N.C11H8N.4Ir/c2*1-14(2)13-15-7-5-8-16-17-9-6-10-18(21(17)23-20(15)16)19-11-3-4-12-22-19;2*1-2-10-16-12(6-1)13-7-5-8-14(17(13)19-16)15-9-3-4-11-18-15;1-15(2,3)13-9-10-16-14(11-13)12-7-5-4-6-8-12;2*1-15(2,3)13-9-10-14(16-11-13)12-7-5-4-6-8-12;1-2-6-10(7-3-1)11-8-4-5-9-12-11;;;;/h2*3-9,11-12,14H,13H2,1-2H3;2*1-7,9-11H;3*4-7,9-11H,1-3H3;1-6,8-9H;;;;/q8*-1;;;;. The molecule has 0 aliphatic carbocycles. The van der Waals surface area contributed by atoms with Crippen molar-refractivity contribution in [2.24, 2.45) is 11.8 Å².